The molecule has 29 heavy (non-hydrogen) atoms. The number of ether oxygens (including phenoxy) is 4. The van der Waals surface area contributed by atoms with Crippen molar-refractivity contribution in [2.45, 2.75) is 39.6 Å². The van der Waals surface area contributed by atoms with Gasteiger partial charge in [-0.05, 0) is 31.9 Å². The fourth-order valence-electron chi connectivity index (χ4n) is 2.64. The Kier molecular flexibility index (Phi) is 10.2. The number of carbonyl (C=O) groups is 1. The smallest absolute Gasteiger partial charge is 0.308 e. The molecule has 0 atom stereocenters. The van der Waals surface area contributed by atoms with Crippen molar-refractivity contribution in [2.24, 2.45) is 0 Å². The molecule has 9 heteroatoms. The van der Waals surface area contributed by atoms with Crippen molar-refractivity contribution in [3.8, 4) is 11.5 Å². The van der Waals surface area contributed by atoms with Crippen LogP contribution in [0.2, 0.25) is 0 Å². The van der Waals surface area contributed by atoms with Crippen molar-refractivity contribution >= 4 is 13.8 Å². The van der Waals surface area contributed by atoms with E-state index in [1.54, 1.807) is 10.7 Å². The number of nitrogens with zero attached hydrogens (tertiary/aromatic N) is 3. The second-order valence-electron chi connectivity index (χ2n) is 6.46. The second-order valence-corrected chi connectivity index (χ2v) is 6.46. The maximum Gasteiger partial charge on any atom is 0.308 e. The largest absolute Gasteiger partial charge is 0.490 e. The summed E-state index contributed by atoms with van der Waals surface area (Å²) in [4.78, 5) is 11.3. The van der Waals surface area contributed by atoms with Gasteiger partial charge in [0.1, 0.15) is 7.85 Å². The Morgan fingerprint density at radius 3 is 2.72 bits per heavy atom. The van der Waals surface area contributed by atoms with Gasteiger partial charge in [-0.25, -0.2) is 4.68 Å². The van der Waals surface area contributed by atoms with E-state index in [0.29, 0.717) is 51.1 Å². The SMILES string of the molecule is BCc1ccc(OC(C)=O)c(OCCCc2cn(CCOCCOCC)nn2)c1. The van der Waals surface area contributed by atoms with Crippen molar-refractivity contribution in [3.63, 3.8) is 0 Å². The van der Waals surface area contributed by atoms with Gasteiger partial charge in [-0.15, -0.1) is 5.10 Å². The minimum absolute atomic E-state index is 0.363. The van der Waals surface area contributed by atoms with Crippen LogP contribution in [0.25, 0.3) is 0 Å². The van der Waals surface area contributed by atoms with Crippen LogP contribution >= 0.6 is 0 Å². The summed E-state index contributed by atoms with van der Waals surface area (Å²) >= 11 is 0. The number of benzene rings is 1. The van der Waals surface area contributed by atoms with Gasteiger partial charge in [0.15, 0.2) is 11.5 Å². The third-order valence-corrected chi connectivity index (χ3v) is 4.13. The van der Waals surface area contributed by atoms with Crippen LogP contribution in [-0.4, -0.2) is 61.8 Å². The molecule has 1 heterocycles. The summed E-state index contributed by atoms with van der Waals surface area (Å²) in [5.41, 5.74) is 2.03. The molecule has 2 aromatic rings. The van der Waals surface area contributed by atoms with Gasteiger partial charge >= 0.3 is 5.97 Å². The molecule has 0 bridgehead atoms. The van der Waals surface area contributed by atoms with E-state index >= 15 is 0 Å². The van der Waals surface area contributed by atoms with E-state index in [0.717, 1.165) is 30.4 Å². The molecule has 0 spiro atoms. The molecule has 0 saturated carbocycles. The van der Waals surface area contributed by atoms with Crippen molar-refractivity contribution in [2.75, 3.05) is 33.0 Å². The van der Waals surface area contributed by atoms with Crippen LogP contribution in [0.3, 0.4) is 0 Å². The van der Waals surface area contributed by atoms with Crippen LogP contribution in [0.1, 0.15) is 31.5 Å². The molecule has 8 nitrogen and oxygen atoms in total. The van der Waals surface area contributed by atoms with E-state index in [1.165, 1.54) is 6.92 Å². The average molecular weight is 403 g/mol. The van der Waals surface area contributed by atoms with Crippen LogP contribution < -0.4 is 9.47 Å². The topological polar surface area (TPSA) is 84.7 Å². The van der Waals surface area contributed by atoms with Crippen LogP contribution in [-0.2, 0) is 33.6 Å². The molecule has 1 aromatic heterocycles. The van der Waals surface area contributed by atoms with Gasteiger partial charge in [-0.2, -0.15) is 0 Å². The normalized spacial score (nSPS) is 10.8. The first-order chi connectivity index (χ1) is 14.1. The van der Waals surface area contributed by atoms with Gasteiger partial charge in [0.25, 0.3) is 0 Å². The van der Waals surface area contributed by atoms with Crippen molar-refractivity contribution in [3.05, 3.63) is 35.7 Å². The molecule has 0 aliphatic heterocycles. The Bertz CT molecular complexity index is 753. The minimum atomic E-state index is -0.363. The average Bonchev–Trinajstić information content (AvgIpc) is 3.16. The van der Waals surface area contributed by atoms with E-state index in [9.17, 15) is 4.79 Å². The predicted octanol–water partition coefficient (Wildman–Crippen LogP) is 1.40. The zero-order valence-corrected chi connectivity index (χ0v) is 17.6. The summed E-state index contributed by atoms with van der Waals surface area (Å²) in [5, 5.41) is 8.29. The monoisotopic (exact) mass is 403 g/mol. The quantitative estimate of drug-likeness (QED) is 0.204. The molecule has 0 aliphatic rings. The minimum Gasteiger partial charge on any atom is -0.490 e. The number of rotatable bonds is 14. The number of carbonyl (C=O) groups excluding carboxylic acids is 1. The molecule has 0 unspecified atom stereocenters. The molecule has 1 aromatic carbocycles. The van der Waals surface area contributed by atoms with Crippen LogP contribution in [0.5, 0.6) is 11.5 Å². The maximum absolute atomic E-state index is 11.3. The summed E-state index contributed by atoms with van der Waals surface area (Å²) in [7, 11) is 2.07. The highest BCUT2D eigenvalue weighted by Gasteiger charge is 2.09. The Morgan fingerprint density at radius 1 is 1.14 bits per heavy atom. The van der Waals surface area contributed by atoms with Crippen LogP contribution in [0.15, 0.2) is 24.4 Å². The number of esters is 1. The zero-order chi connectivity index (χ0) is 20.9. The Morgan fingerprint density at radius 2 is 1.97 bits per heavy atom. The molecule has 158 valence electrons. The van der Waals surface area contributed by atoms with E-state index in [4.69, 9.17) is 18.9 Å². The lowest BCUT2D eigenvalue weighted by Gasteiger charge is -2.12. The van der Waals surface area contributed by atoms with Crippen molar-refractivity contribution in [1.29, 1.82) is 0 Å². The van der Waals surface area contributed by atoms with Crippen LogP contribution in [0, 0.1) is 0 Å². The second kappa shape index (κ2) is 13.0. The number of aromatic nitrogens is 3. The predicted molar refractivity (Wildman–Crippen MR) is 111 cm³/mol. The number of hydrogen-bond donors (Lipinski definition) is 0. The molecule has 0 fully saturated rings. The Hall–Kier alpha value is -2.39. The van der Waals surface area contributed by atoms with Gasteiger partial charge in [-0.1, -0.05) is 23.2 Å². The first-order valence-electron chi connectivity index (χ1n) is 10.1. The van der Waals surface area contributed by atoms with Crippen molar-refractivity contribution in [1.82, 2.24) is 15.0 Å². The first-order valence-corrected chi connectivity index (χ1v) is 10.1. The Balaban J connectivity index is 1.72. The number of aryl methyl sites for hydroxylation is 1. The highest BCUT2D eigenvalue weighted by Crippen LogP contribution is 2.29. The third-order valence-electron chi connectivity index (χ3n) is 4.13. The Labute approximate surface area is 172 Å². The summed E-state index contributed by atoms with van der Waals surface area (Å²) in [6.45, 7) is 6.97. The highest BCUT2D eigenvalue weighted by molar-refractivity contribution is 6.08. The summed E-state index contributed by atoms with van der Waals surface area (Å²) in [6, 6.07) is 5.63. The molecular formula is C20H30BN3O5. The maximum atomic E-state index is 11.3. The molecule has 0 amide bonds. The molecule has 0 saturated heterocycles. The summed E-state index contributed by atoms with van der Waals surface area (Å²) in [6.07, 6.45) is 4.34. The molecule has 0 radical (unpaired) electrons. The van der Waals surface area contributed by atoms with Gasteiger partial charge < -0.3 is 18.9 Å². The zero-order valence-electron chi connectivity index (χ0n) is 17.6. The van der Waals surface area contributed by atoms with E-state index < -0.39 is 0 Å². The van der Waals surface area contributed by atoms with Gasteiger partial charge in [0, 0.05) is 19.7 Å². The van der Waals surface area contributed by atoms with E-state index in [-0.39, 0.29) is 5.97 Å². The number of hydrogen-bond acceptors (Lipinski definition) is 7. The van der Waals surface area contributed by atoms with Gasteiger partial charge in [0.2, 0.25) is 0 Å². The fraction of sp³-hybridized carbons (Fsp3) is 0.550. The summed E-state index contributed by atoms with van der Waals surface area (Å²) in [5.74, 6) is 0.676. The van der Waals surface area contributed by atoms with Gasteiger partial charge in [-0.3, -0.25) is 4.79 Å². The van der Waals surface area contributed by atoms with Gasteiger partial charge in [0.05, 0.1) is 38.7 Å². The van der Waals surface area contributed by atoms with E-state index in [1.807, 2.05) is 25.3 Å². The van der Waals surface area contributed by atoms with E-state index in [2.05, 4.69) is 18.2 Å². The lowest BCUT2D eigenvalue weighted by Crippen LogP contribution is -2.10. The van der Waals surface area contributed by atoms with Crippen LogP contribution in [0.4, 0.5) is 0 Å². The molecular weight excluding hydrogens is 373 g/mol. The first kappa shape index (κ1) is 22.9. The molecule has 2 rings (SSSR count). The summed E-state index contributed by atoms with van der Waals surface area (Å²) < 4.78 is 23.6. The standard InChI is InChI=1S/C20H30BN3O5/c1-3-26-11-12-27-10-8-24-15-18(22-23-24)5-4-9-28-20-13-17(14-21)6-7-19(20)29-16(2)25/h6-7,13,15H,3-5,8-12,14,21H2,1-2H3. The molecule has 0 N–H and O–H groups in total. The lowest BCUT2D eigenvalue weighted by atomic mass is 9.97. The fourth-order valence-corrected chi connectivity index (χ4v) is 2.64. The lowest BCUT2D eigenvalue weighted by molar-refractivity contribution is -0.132. The highest BCUT2D eigenvalue weighted by atomic mass is 16.6. The van der Waals surface area contributed by atoms with Crippen molar-refractivity contribution < 1.29 is 23.7 Å². The third kappa shape index (κ3) is 8.66. The molecule has 0 aliphatic carbocycles.